The maximum atomic E-state index is 12.2. The van der Waals surface area contributed by atoms with E-state index in [4.69, 9.17) is 5.73 Å². The number of nitrogens with zero attached hydrogens (tertiary/aromatic N) is 1. The normalized spacial score (nSPS) is 15.8. The molecule has 0 bridgehead atoms. The van der Waals surface area contributed by atoms with Crippen LogP contribution in [0.15, 0.2) is 24.3 Å². The van der Waals surface area contributed by atoms with Gasteiger partial charge in [0.25, 0.3) is 5.91 Å². The minimum atomic E-state index is -0.502. The molecule has 1 aromatic rings. The smallest absolute Gasteiger partial charge is 0.251 e. The number of halogens is 1. The van der Waals surface area contributed by atoms with E-state index < -0.39 is 6.04 Å². The summed E-state index contributed by atoms with van der Waals surface area (Å²) in [5, 5.41) is 2.74. The Bertz CT molecular complexity index is 484. The Labute approximate surface area is 131 Å². The van der Waals surface area contributed by atoms with Crippen LogP contribution in [0.1, 0.15) is 36.5 Å². The molecular weight excluding hydrogens is 290 g/mol. The van der Waals surface area contributed by atoms with Gasteiger partial charge in [0, 0.05) is 24.3 Å². The van der Waals surface area contributed by atoms with E-state index in [1.165, 1.54) is 6.42 Å². The van der Waals surface area contributed by atoms with Gasteiger partial charge in [0.2, 0.25) is 5.91 Å². The van der Waals surface area contributed by atoms with Crippen molar-refractivity contribution in [2.75, 3.05) is 18.8 Å². The number of carbonyl (C=O) groups is 2. The highest BCUT2D eigenvalue weighted by molar-refractivity contribution is 5.97. The van der Waals surface area contributed by atoms with Crippen LogP contribution in [0.25, 0.3) is 0 Å². The fourth-order valence-electron chi connectivity index (χ4n) is 2.36. The van der Waals surface area contributed by atoms with E-state index in [-0.39, 0.29) is 24.2 Å². The van der Waals surface area contributed by atoms with Crippen LogP contribution in [0, 0.1) is 0 Å². The van der Waals surface area contributed by atoms with Gasteiger partial charge in [-0.05, 0) is 50.5 Å². The number of nitrogens with one attached hydrogen (secondary N) is 1. The molecule has 1 aliphatic rings. The van der Waals surface area contributed by atoms with Crippen LogP contribution in [-0.4, -0.2) is 35.8 Å². The Morgan fingerprint density at radius 1 is 1.14 bits per heavy atom. The lowest BCUT2D eigenvalue weighted by Gasteiger charge is -2.29. The average molecular weight is 312 g/mol. The Morgan fingerprint density at radius 2 is 1.71 bits per heavy atom. The summed E-state index contributed by atoms with van der Waals surface area (Å²) in [6.07, 6.45) is 3.27. The van der Waals surface area contributed by atoms with Crippen LogP contribution < -0.4 is 11.1 Å². The highest BCUT2D eigenvalue weighted by atomic mass is 35.5. The fourth-order valence-corrected chi connectivity index (χ4v) is 2.36. The standard InChI is InChI=1S/C15H21N3O2.ClH/c1-11(15(20)18-9-3-2-4-10-18)17-14(19)12-5-7-13(16)8-6-12;/h5-8,11H,2-4,9-10,16H2,1H3,(H,17,19);1H. The van der Waals surface area contributed by atoms with E-state index >= 15 is 0 Å². The topological polar surface area (TPSA) is 75.4 Å². The van der Waals surface area contributed by atoms with Gasteiger partial charge < -0.3 is 16.0 Å². The van der Waals surface area contributed by atoms with Gasteiger partial charge in [-0.1, -0.05) is 0 Å². The highest BCUT2D eigenvalue weighted by Gasteiger charge is 2.23. The Kier molecular flexibility index (Phi) is 6.49. The van der Waals surface area contributed by atoms with Crippen molar-refractivity contribution in [2.45, 2.75) is 32.2 Å². The van der Waals surface area contributed by atoms with Crippen LogP contribution in [0.4, 0.5) is 5.69 Å². The molecule has 0 aliphatic carbocycles. The molecule has 1 aliphatic heterocycles. The van der Waals surface area contributed by atoms with Crippen molar-refractivity contribution >= 4 is 29.9 Å². The molecule has 1 saturated heterocycles. The van der Waals surface area contributed by atoms with E-state index in [2.05, 4.69) is 5.32 Å². The molecular formula is C15H22ClN3O2. The summed E-state index contributed by atoms with van der Waals surface area (Å²) >= 11 is 0. The molecule has 6 heteroatoms. The summed E-state index contributed by atoms with van der Waals surface area (Å²) < 4.78 is 0. The van der Waals surface area contributed by atoms with Gasteiger partial charge in [0.05, 0.1) is 0 Å². The van der Waals surface area contributed by atoms with Crippen molar-refractivity contribution < 1.29 is 9.59 Å². The van der Waals surface area contributed by atoms with Crippen LogP contribution in [-0.2, 0) is 4.79 Å². The van der Waals surface area contributed by atoms with Crippen LogP contribution in [0.2, 0.25) is 0 Å². The Hall–Kier alpha value is -1.75. The number of amides is 2. The number of likely N-dealkylation sites (tertiary alicyclic amines) is 1. The molecule has 3 N–H and O–H groups in total. The molecule has 2 rings (SSSR count). The van der Waals surface area contributed by atoms with Crippen molar-refractivity contribution in [3.8, 4) is 0 Å². The molecule has 0 radical (unpaired) electrons. The van der Waals surface area contributed by atoms with Gasteiger partial charge in [-0.2, -0.15) is 0 Å². The van der Waals surface area contributed by atoms with Crippen molar-refractivity contribution in [2.24, 2.45) is 0 Å². The lowest BCUT2D eigenvalue weighted by atomic mass is 10.1. The zero-order chi connectivity index (χ0) is 14.5. The van der Waals surface area contributed by atoms with Crippen LogP contribution in [0.5, 0.6) is 0 Å². The lowest BCUT2D eigenvalue weighted by Crippen LogP contribution is -2.48. The largest absolute Gasteiger partial charge is 0.399 e. The van der Waals surface area contributed by atoms with Gasteiger partial charge in [-0.3, -0.25) is 9.59 Å². The quantitative estimate of drug-likeness (QED) is 0.836. The van der Waals surface area contributed by atoms with E-state index in [0.717, 1.165) is 25.9 Å². The first-order valence-electron chi connectivity index (χ1n) is 7.03. The van der Waals surface area contributed by atoms with Crippen molar-refractivity contribution in [1.82, 2.24) is 10.2 Å². The zero-order valence-corrected chi connectivity index (χ0v) is 13.0. The van der Waals surface area contributed by atoms with Gasteiger partial charge >= 0.3 is 0 Å². The second-order valence-corrected chi connectivity index (χ2v) is 5.20. The zero-order valence-electron chi connectivity index (χ0n) is 12.2. The molecule has 0 saturated carbocycles. The Balaban J connectivity index is 0.00000220. The molecule has 2 amide bonds. The number of hydrogen-bond donors (Lipinski definition) is 2. The van der Waals surface area contributed by atoms with Crippen molar-refractivity contribution in [3.63, 3.8) is 0 Å². The van der Waals surface area contributed by atoms with Gasteiger partial charge in [0.15, 0.2) is 0 Å². The molecule has 1 unspecified atom stereocenters. The molecule has 21 heavy (non-hydrogen) atoms. The molecule has 1 heterocycles. The maximum absolute atomic E-state index is 12.2. The van der Waals surface area contributed by atoms with Crippen molar-refractivity contribution in [1.29, 1.82) is 0 Å². The molecule has 1 fully saturated rings. The molecule has 1 aromatic carbocycles. The summed E-state index contributed by atoms with van der Waals surface area (Å²) in [5.74, 6) is -0.253. The van der Waals surface area contributed by atoms with Gasteiger partial charge in [-0.15, -0.1) is 12.4 Å². The Morgan fingerprint density at radius 3 is 2.29 bits per heavy atom. The first-order valence-corrected chi connectivity index (χ1v) is 7.03. The third kappa shape index (κ3) is 4.63. The van der Waals surface area contributed by atoms with Crippen molar-refractivity contribution in [3.05, 3.63) is 29.8 Å². The second kappa shape index (κ2) is 7.88. The molecule has 0 spiro atoms. The highest BCUT2D eigenvalue weighted by Crippen LogP contribution is 2.10. The van der Waals surface area contributed by atoms with Crippen LogP contribution in [0.3, 0.4) is 0 Å². The summed E-state index contributed by atoms with van der Waals surface area (Å²) in [4.78, 5) is 26.1. The molecule has 116 valence electrons. The number of nitrogen functional groups attached to an aromatic ring is 1. The summed E-state index contributed by atoms with van der Waals surface area (Å²) in [6, 6.07) is 6.15. The lowest BCUT2D eigenvalue weighted by molar-refractivity contribution is -0.133. The maximum Gasteiger partial charge on any atom is 0.251 e. The number of hydrogen-bond acceptors (Lipinski definition) is 3. The van der Waals surface area contributed by atoms with E-state index in [0.29, 0.717) is 11.3 Å². The fraction of sp³-hybridized carbons (Fsp3) is 0.467. The van der Waals surface area contributed by atoms with Gasteiger partial charge in [-0.25, -0.2) is 0 Å². The number of anilines is 1. The summed E-state index contributed by atoms with van der Waals surface area (Å²) in [5.41, 5.74) is 6.70. The number of nitrogens with two attached hydrogens (primary N) is 1. The number of piperidine rings is 1. The molecule has 1 atom stereocenters. The SMILES string of the molecule is CC(NC(=O)c1ccc(N)cc1)C(=O)N1CCCCC1.Cl. The van der Waals surface area contributed by atoms with Gasteiger partial charge in [0.1, 0.15) is 6.04 Å². The molecule has 5 nitrogen and oxygen atoms in total. The van der Waals surface area contributed by atoms with E-state index in [1.54, 1.807) is 31.2 Å². The van der Waals surface area contributed by atoms with Crippen LogP contribution >= 0.6 is 12.4 Å². The first-order chi connectivity index (χ1) is 9.58. The summed E-state index contributed by atoms with van der Waals surface area (Å²) in [7, 11) is 0. The predicted octanol–water partition coefficient (Wildman–Crippen LogP) is 1.82. The monoisotopic (exact) mass is 311 g/mol. The van der Waals surface area contributed by atoms with E-state index in [1.807, 2.05) is 4.90 Å². The third-order valence-corrected chi connectivity index (χ3v) is 3.56. The minimum absolute atomic E-state index is 0. The number of benzene rings is 1. The number of rotatable bonds is 3. The average Bonchev–Trinajstić information content (AvgIpc) is 2.48. The minimum Gasteiger partial charge on any atom is -0.399 e. The summed E-state index contributed by atoms with van der Waals surface area (Å²) in [6.45, 7) is 3.31. The number of carbonyl (C=O) groups excluding carboxylic acids is 2. The first kappa shape index (κ1) is 17.3. The van der Waals surface area contributed by atoms with E-state index in [9.17, 15) is 9.59 Å². The third-order valence-electron chi connectivity index (χ3n) is 3.56. The predicted molar refractivity (Wildman–Crippen MR) is 85.5 cm³/mol. The molecule has 0 aromatic heterocycles. The second-order valence-electron chi connectivity index (χ2n) is 5.20.